The minimum atomic E-state index is -0.174. The van der Waals surface area contributed by atoms with Crippen LogP contribution in [0.25, 0.3) is 6.08 Å². The van der Waals surface area contributed by atoms with Crippen LogP contribution in [0.5, 0.6) is 5.75 Å². The lowest BCUT2D eigenvalue weighted by Gasteiger charge is -2.21. The predicted octanol–water partition coefficient (Wildman–Crippen LogP) is 3.26. The Morgan fingerprint density at radius 3 is 2.75 bits per heavy atom. The van der Waals surface area contributed by atoms with Crippen molar-refractivity contribution in [1.29, 1.82) is 0 Å². The molecule has 1 aromatic rings. The standard InChI is InChI=1S/C14H18O2/c1-10(2)14(15-3)16-13-8-7-11-5-4-6-12(11)9-13/h4-5,7-10,14H,6H2,1-3H3. The fourth-order valence-electron chi connectivity index (χ4n) is 1.90. The van der Waals surface area contributed by atoms with Crippen molar-refractivity contribution in [2.45, 2.75) is 26.6 Å². The molecule has 0 bridgehead atoms. The van der Waals surface area contributed by atoms with E-state index in [-0.39, 0.29) is 6.29 Å². The molecule has 0 N–H and O–H groups in total. The van der Waals surface area contributed by atoms with Crippen LogP contribution in [0.1, 0.15) is 25.0 Å². The molecule has 0 saturated carbocycles. The molecule has 0 fully saturated rings. The first kappa shape index (κ1) is 11.2. The quantitative estimate of drug-likeness (QED) is 0.722. The number of allylic oxidation sites excluding steroid dienone is 1. The van der Waals surface area contributed by atoms with Gasteiger partial charge in [-0.05, 0) is 29.7 Å². The van der Waals surface area contributed by atoms with Gasteiger partial charge in [0, 0.05) is 13.0 Å². The molecule has 1 atom stereocenters. The number of rotatable bonds is 4. The van der Waals surface area contributed by atoms with Crippen molar-refractivity contribution in [3.8, 4) is 5.75 Å². The number of fused-ring (bicyclic) bond motifs is 1. The summed E-state index contributed by atoms with van der Waals surface area (Å²) in [5.74, 6) is 1.24. The predicted molar refractivity (Wildman–Crippen MR) is 65.4 cm³/mol. The highest BCUT2D eigenvalue weighted by molar-refractivity contribution is 5.61. The van der Waals surface area contributed by atoms with E-state index in [0.29, 0.717) is 5.92 Å². The monoisotopic (exact) mass is 218 g/mol. The third-order valence-electron chi connectivity index (χ3n) is 2.78. The second-order valence-corrected chi connectivity index (χ2v) is 4.43. The highest BCUT2D eigenvalue weighted by Crippen LogP contribution is 2.25. The summed E-state index contributed by atoms with van der Waals surface area (Å²) in [5, 5.41) is 0. The van der Waals surface area contributed by atoms with Crippen LogP contribution >= 0.6 is 0 Å². The van der Waals surface area contributed by atoms with E-state index in [0.717, 1.165) is 12.2 Å². The van der Waals surface area contributed by atoms with Gasteiger partial charge >= 0.3 is 0 Å². The molecule has 0 aromatic heterocycles. The van der Waals surface area contributed by atoms with Crippen LogP contribution in [0.15, 0.2) is 24.3 Å². The summed E-state index contributed by atoms with van der Waals surface area (Å²) < 4.78 is 11.1. The Morgan fingerprint density at radius 2 is 2.06 bits per heavy atom. The first-order valence-electron chi connectivity index (χ1n) is 5.69. The maximum atomic E-state index is 5.80. The summed E-state index contributed by atoms with van der Waals surface area (Å²) in [4.78, 5) is 0. The maximum absolute atomic E-state index is 5.80. The zero-order chi connectivity index (χ0) is 11.5. The fourth-order valence-corrected chi connectivity index (χ4v) is 1.90. The third-order valence-corrected chi connectivity index (χ3v) is 2.78. The van der Waals surface area contributed by atoms with Gasteiger partial charge in [0.25, 0.3) is 0 Å². The lowest BCUT2D eigenvalue weighted by Crippen LogP contribution is -2.25. The van der Waals surface area contributed by atoms with Gasteiger partial charge in [0.2, 0.25) is 6.29 Å². The van der Waals surface area contributed by atoms with Crippen molar-refractivity contribution < 1.29 is 9.47 Å². The Labute approximate surface area is 96.9 Å². The van der Waals surface area contributed by atoms with Crippen LogP contribution in [0, 0.1) is 5.92 Å². The normalized spacial score (nSPS) is 15.2. The Bertz CT molecular complexity index is 394. The molecular weight excluding hydrogens is 200 g/mol. The third kappa shape index (κ3) is 2.27. The Kier molecular flexibility index (Phi) is 3.30. The van der Waals surface area contributed by atoms with Crippen LogP contribution in [-0.4, -0.2) is 13.4 Å². The number of hydrogen-bond donors (Lipinski definition) is 0. The van der Waals surface area contributed by atoms with E-state index in [1.54, 1.807) is 7.11 Å². The molecule has 0 aliphatic heterocycles. The summed E-state index contributed by atoms with van der Waals surface area (Å²) >= 11 is 0. The molecule has 0 saturated heterocycles. The van der Waals surface area contributed by atoms with Gasteiger partial charge in [0.1, 0.15) is 5.75 Å². The average molecular weight is 218 g/mol. The summed E-state index contributed by atoms with van der Waals surface area (Å²) in [7, 11) is 1.68. The Hall–Kier alpha value is -1.28. The first-order valence-corrected chi connectivity index (χ1v) is 5.69. The summed E-state index contributed by atoms with van der Waals surface area (Å²) in [5.41, 5.74) is 2.63. The van der Waals surface area contributed by atoms with Gasteiger partial charge < -0.3 is 9.47 Å². The minimum absolute atomic E-state index is 0.174. The lowest BCUT2D eigenvalue weighted by atomic mass is 10.1. The van der Waals surface area contributed by atoms with Crippen LogP contribution in [0.3, 0.4) is 0 Å². The fraction of sp³-hybridized carbons (Fsp3) is 0.429. The Balaban J connectivity index is 2.11. The van der Waals surface area contributed by atoms with E-state index in [1.165, 1.54) is 11.1 Å². The number of ether oxygens (including phenoxy) is 2. The topological polar surface area (TPSA) is 18.5 Å². The van der Waals surface area contributed by atoms with Crippen molar-refractivity contribution >= 4 is 6.08 Å². The summed E-state index contributed by atoms with van der Waals surface area (Å²) in [6.07, 6.45) is 5.15. The van der Waals surface area contributed by atoms with E-state index in [9.17, 15) is 0 Å². The largest absolute Gasteiger partial charge is 0.465 e. The summed E-state index contributed by atoms with van der Waals surface area (Å²) in [6.45, 7) is 4.17. The molecule has 86 valence electrons. The van der Waals surface area contributed by atoms with Crippen molar-refractivity contribution in [3.63, 3.8) is 0 Å². The molecule has 2 heteroatoms. The molecule has 0 radical (unpaired) electrons. The van der Waals surface area contributed by atoms with Gasteiger partial charge in [-0.15, -0.1) is 0 Å². The molecule has 1 aromatic carbocycles. The van der Waals surface area contributed by atoms with Crippen LogP contribution < -0.4 is 4.74 Å². The van der Waals surface area contributed by atoms with Crippen molar-refractivity contribution in [1.82, 2.24) is 0 Å². The highest BCUT2D eigenvalue weighted by atomic mass is 16.7. The van der Waals surface area contributed by atoms with Gasteiger partial charge in [0.15, 0.2) is 0 Å². The average Bonchev–Trinajstić information content (AvgIpc) is 2.72. The number of methoxy groups -OCH3 is 1. The van der Waals surface area contributed by atoms with E-state index in [2.05, 4.69) is 38.1 Å². The van der Waals surface area contributed by atoms with Crippen molar-refractivity contribution in [2.24, 2.45) is 5.92 Å². The molecule has 1 aliphatic carbocycles. The smallest absolute Gasteiger partial charge is 0.201 e. The lowest BCUT2D eigenvalue weighted by molar-refractivity contribution is -0.0834. The molecular formula is C14H18O2. The van der Waals surface area contributed by atoms with Gasteiger partial charge in [-0.2, -0.15) is 0 Å². The molecule has 0 heterocycles. The zero-order valence-electron chi connectivity index (χ0n) is 10.1. The van der Waals surface area contributed by atoms with E-state index in [4.69, 9.17) is 9.47 Å². The SMILES string of the molecule is COC(Oc1ccc2c(c1)CC=C2)C(C)C. The van der Waals surface area contributed by atoms with Crippen LogP contribution in [-0.2, 0) is 11.2 Å². The second-order valence-electron chi connectivity index (χ2n) is 4.43. The molecule has 2 rings (SSSR count). The molecule has 2 nitrogen and oxygen atoms in total. The van der Waals surface area contributed by atoms with Crippen molar-refractivity contribution in [3.05, 3.63) is 35.4 Å². The van der Waals surface area contributed by atoms with Gasteiger partial charge in [-0.1, -0.05) is 32.1 Å². The first-order chi connectivity index (χ1) is 7.70. The number of hydrogen-bond acceptors (Lipinski definition) is 2. The van der Waals surface area contributed by atoms with E-state index in [1.807, 2.05) is 6.07 Å². The zero-order valence-corrected chi connectivity index (χ0v) is 10.1. The maximum Gasteiger partial charge on any atom is 0.201 e. The van der Waals surface area contributed by atoms with E-state index < -0.39 is 0 Å². The summed E-state index contributed by atoms with van der Waals surface area (Å²) in [6, 6.07) is 6.20. The molecule has 16 heavy (non-hydrogen) atoms. The molecule has 0 spiro atoms. The molecule has 1 unspecified atom stereocenters. The van der Waals surface area contributed by atoms with Crippen molar-refractivity contribution in [2.75, 3.05) is 7.11 Å². The second kappa shape index (κ2) is 4.71. The Morgan fingerprint density at radius 1 is 1.25 bits per heavy atom. The molecule has 1 aliphatic rings. The van der Waals surface area contributed by atoms with Gasteiger partial charge in [-0.25, -0.2) is 0 Å². The van der Waals surface area contributed by atoms with Crippen LogP contribution in [0.2, 0.25) is 0 Å². The van der Waals surface area contributed by atoms with Gasteiger partial charge in [-0.3, -0.25) is 0 Å². The minimum Gasteiger partial charge on any atom is -0.465 e. The highest BCUT2D eigenvalue weighted by Gasteiger charge is 2.15. The van der Waals surface area contributed by atoms with Gasteiger partial charge in [0.05, 0.1) is 0 Å². The molecule has 0 amide bonds. The van der Waals surface area contributed by atoms with E-state index >= 15 is 0 Å². The van der Waals surface area contributed by atoms with Crippen LogP contribution in [0.4, 0.5) is 0 Å². The number of benzene rings is 1.